The summed E-state index contributed by atoms with van der Waals surface area (Å²) < 4.78 is 19.1. The number of imide groups is 1. The van der Waals surface area contributed by atoms with Crippen LogP contribution in [0.3, 0.4) is 0 Å². The Morgan fingerprint density at radius 1 is 1.29 bits per heavy atom. The Morgan fingerprint density at radius 3 is 2.65 bits per heavy atom. The standard InChI is InChI=1S/C26H34FNO6/c1-4-5-15(10-16-7-8-21(30)20(27)11-16)6-9-22(31)23-17(14-34-3)12-18-24(19(23)13-29)26(33)28(2)25(18)32/h7-8,10-11,18-19,22,24,29-31H,4-6,9,12-14H2,1-3H3/b15-10+/t18-,19+,22-,24-/m1/s1. The number of ether oxygens (including phenoxy) is 1. The zero-order valence-electron chi connectivity index (χ0n) is 20.0. The van der Waals surface area contributed by atoms with Crippen LogP contribution in [0.25, 0.3) is 6.08 Å². The summed E-state index contributed by atoms with van der Waals surface area (Å²) in [6.07, 6.45) is 3.76. The average Bonchev–Trinajstić information content (AvgIpc) is 3.03. The molecule has 3 N–H and O–H groups in total. The van der Waals surface area contributed by atoms with E-state index in [9.17, 15) is 29.3 Å². The van der Waals surface area contributed by atoms with Gasteiger partial charge in [-0.25, -0.2) is 4.39 Å². The zero-order chi connectivity index (χ0) is 25.0. The van der Waals surface area contributed by atoms with Crippen LogP contribution in [0.5, 0.6) is 5.75 Å². The fourth-order valence-electron chi connectivity index (χ4n) is 5.34. The van der Waals surface area contributed by atoms with Gasteiger partial charge in [0.15, 0.2) is 11.6 Å². The number of phenolic OH excluding ortho intramolecular Hbond substituents is 1. The highest BCUT2D eigenvalue weighted by atomic mass is 19.1. The molecule has 2 aliphatic rings. The molecule has 7 nitrogen and oxygen atoms in total. The number of aromatic hydroxyl groups is 1. The number of hydrogen-bond acceptors (Lipinski definition) is 6. The number of fused-ring (bicyclic) bond motifs is 1. The first kappa shape index (κ1) is 26.1. The summed E-state index contributed by atoms with van der Waals surface area (Å²) in [5.41, 5.74) is 2.99. The molecule has 1 aromatic rings. The second-order valence-corrected chi connectivity index (χ2v) is 9.17. The number of halogens is 1. The lowest BCUT2D eigenvalue weighted by atomic mass is 9.68. The number of aliphatic hydroxyl groups is 2. The van der Waals surface area contributed by atoms with Gasteiger partial charge in [-0.15, -0.1) is 0 Å². The molecule has 34 heavy (non-hydrogen) atoms. The molecule has 1 saturated heterocycles. The Kier molecular flexibility index (Phi) is 8.62. The van der Waals surface area contributed by atoms with E-state index >= 15 is 0 Å². The van der Waals surface area contributed by atoms with Crippen molar-refractivity contribution in [1.29, 1.82) is 0 Å². The highest BCUT2D eigenvalue weighted by Gasteiger charge is 2.53. The van der Waals surface area contributed by atoms with Crippen LogP contribution in [-0.2, 0) is 14.3 Å². The third-order valence-corrected chi connectivity index (χ3v) is 6.93. The molecule has 1 aliphatic carbocycles. The van der Waals surface area contributed by atoms with Crippen LogP contribution in [0.2, 0.25) is 0 Å². The topological polar surface area (TPSA) is 107 Å². The number of hydrogen-bond donors (Lipinski definition) is 3. The van der Waals surface area contributed by atoms with Crippen molar-refractivity contribution >= 4 is 17.9 Å². The maximum absolute atomic E-state index is 13.7. The van der Waals surface area contributed by atoms with Crippen molar-refractivity contribution in [2.75, 3.05) is 27.4 Å². The molecule has 1 heterocycles. The van der Waals surface area contributed by atoms with Crippen LogP contribution in [0, 0.1) is 23.6 Å². The number of carbonyl (C=O) groups excluding carboxylic acids is 2. The number of allylic oxidation sites excluding steroid dienone is 1. The van der Waals surface area contributed by atoms with Gasteiger partial charge in [-0.2, -0.15) is 0 Å². The third kappa shape index (κ3) is 5.24. The molecule has 0 spiro atoms. The summed E-state index contributed by atoms with van der Waals surface area (Å²) in [5, 5.41) is 30.8. The van der Waals surface area contributed by atoms with Crippen molar-refractivity contribution in [3.8, 4) is 5.75 Å². The predicted molar refractivity (Wildman–Crippen MR) is 125 cm³/mol. The molecule has 2 amide bonds. The minimum Gasteiger partial charge on any atom is -0.505 e. The van der Waals surface area contributed by atoms with Crippen LogP contribution in [0.1, 0.15) is 44.6 Å². The van der Waals surface area contributed by atoms with Gasteiger partial charge in [0.25, 0.3) is 0 Å². The monoisotopic (exact) mass is 475 g/mol. The van der Waals surface area contributed by atoms with Crippen molar-refractivity contribution in [2.45, 2.75) is 45.1 Å². The van der Waals surface area contributed by atoms with Crippen molar-refractivity contribution in [3.63, 3.8) is 0 Å². The fourth-order valence-corrected chi connectivity index (χ4v) is 5.34. The summed E-state index contributed by atoms with van der Waals surface area (Å²) >= 11 is 0. The van der Waals surface area contributed by atoms with Gasteiger partial charge >= 0.3 is 0 Å². The molecule has 0 unspecified atom stereocenters. The van der Waals surface area contributed by atoms with E-state index in [0.717, 1.165) is 28.9 Å². The van der Waals surface area contributed by atoms with Crippen LogP contribution in [-0.4, -0.2) is 65.5 Å². The van der Waals surface area contributed by atoms with E-state index in [0.29, 0.717) is 30.4 Å². The van der Waals surface area contributed by atoms with E-state index < -0.39 is 35.4 Å². The van der Waals surface area contributed by atoms with Crippen molar-refractivity contribution < 1.29 is 34.0 Å². The minimum absolute atomic E-state index is 0.210. The molecule has 4 atom stereocenters. The number of carbonyl (C=O) groups is 2. The van der Waals surface area contributed by atoms with Gasteiger partial charge in [-0.3, -0.25) is 14.5 Å². The summed E-state index contributed by atoms with van der Waals surface area (Å²) in [7, 11) is 2.99. The van der Waals surface area contributed by atoms with Crippen LogP contribution < -0.4 is 0 Å². The van der Waals surface area contributed by atoms with Crippen molar-refractivity contribution in [3.05, 3.63) is 46.3 Å². The number of phenols is 1. The van der Waals surface area contributed by atoms with E-state index in [4.69, 9.17) is 4.74 Å². The maximum Gasteiger partial charge on any atom is 0.233 e. The molecule has 1 fully saturated rings. The van der Waals surface area contributed by atoms with Crippen LogP contribution in [0.15, 0.2) is 34.9 Å². The number of amides is 2. The van der Waals surface area contributed by atoms with Crippen molar-refractivity contribution in [2.24, 2.45) is 17.8 Å². The maximum atomic E-state index is 13.7. The average molecular weight is 476 g/mol. The first-order chi connectivity index (χ1) is 16.2. The van der Waals surface area contributed by atoms with Gasteiger partial charge in [0, 0.05) is 20.1 Å². The molecule has 8 heteroatoms. The fraction of sp³-hybridized carbons (Fsp3) is 0.538. The summed E-state index contributed by atoms with van der Waals surface area (Å²) in [6, 6.07) is 4.21. The second-order valence-electron chi connectivity index (χ2n) is 9.17. The molecule has 3 rings (SSSR count). The number of likely N-dealkylation sites (tertiary alicyclic amines) is 1. The molecule has 0 radical (unpaired) electrons. The largest absolute Gasteiger partial charge is 0.505 e. The highest BCUT2D eigenvalue weighted by Crippen LogP contribution is 2.46. The van der Waals surface area contributed by atoms with Gasteiger partial charge in [-0.1, -0.05) is 31.1 Å². The molecule has 0 aromatic heterocycles. The number of benzene rings is 1. The van der Waals surface area contributed by atoms with Crippen LogP contribution in [0.4, 0.5) is 4.39 Å². The SMILES string of the molecule is CCC/C(=C\c1ccc(O)c(F)c1)CC[C@@H](O)C1=C(COC)C[C@H]2C(=O)N(C)C(=O)[C@H]2[C@H]1CO. The third-order valence-electron chi connectivity index (χ3n) is 6.93. The molecule has 0 saturated carbocycles. The van der Waals surface area contributed by atoms with E-state index in [-0.39, 0.29) is 25.0 Å². The number of aliphatic hydroxyl groups excluding tert-OH is 2. The van der Waals surface area contributed by atoms with E-state index in [1.165, 1.54) is 26.3 Å². The van der Waals surface area contributed by atoms with Gasteiger partial charge in [0.2, 0.25) is 11.8 Å². The van der Waals surface area contributed by atoms with E-state index in [2.05, 4.69) is 0 Å². The first-order valence-electron chi connectivity index (χ1n) is 11.7. The highest BCUT2D eigenvalue weighted by molar-refractivity contribution is 6.05. The Hall–Kier alpha value is -2.55. The first-order valence-corrected chi connectivity index (χ1v) is 11.7. The molecule has 1 aromatic carbocycles. The lowest BCUT2D eigenvalue weighted by molar-refractivity contribution is -0.138. The van der Waals surface area contributed by atoms with E-state index in [1.54, 1.807) is 6.07 Å². The minimum atomic E-state index is -0.922. The van der Waals surface area contributed by atoms with Gasteiger partial charge in [0.1, 0.15) is 0 Å². The summed E-state index contributed by atoms with van der Waals surface area (Å²) in [6.45, 7) is 1.89. The van der Waals surface area contributed by atoms with Gasteiger partial charge < -0.3 is 20.1 Å². The Morgan fingerprint density at radius 2 is 2.03 bits per heavy atom. The molecule has 1 aliphatic heterocycles. The number of rotatable bonds is 10. The molecule has 186 valence electrons. The lowest BCUT2D eigenvalue weighted by Gasteiger charge is -2.36. The normalized spacial score (nSPS) is 24.1. The van der Waals surface area contributed by atoms with Gasteiger partial charge in [-0.05, 0) is 54.5 Å². The Labute approximate surface area is 199 Å². The van der Waals surface area contributed by atoms with Gasteiger partial charge in [0.05, 0.1) is 31.2 Å². The lowest BCUT2D eigenvalue weighted by Crippen LogP contribution is -2.39. The smallest absolute Gasteiger partial charge is 0.233 e. The van der Waals surface area contributed by atoms with E-state index in [1.807, 2.05) is 13.0 Å². The number of nitrogens with zero attached hydrogens (tertiary/aromatic N) is 1. The number of methoxy groups -OCH3 is 1. The van der Waals surface area contributed by atoms with Crippen molar-refractivity contribution in [1.82, 2.24) is 4.90 Å². The quantitative estimate of drug-likeness (QED) is 0.355. The molecular weight excluding hydrogens is 441 g/mol. The molecular formula is C26H34FNO6. The second kappa shape index (κ2) is 11.3. The predicted octanol–water partition coefficient (Wildman–Crippen LogP) is 3.04. The summed E-state index contributed by atoms with van der Waals surface area (Å²) in [4.78, 5) is 26.5. The zero-order valence-corrected chi connectivity index (χ0v) is 20.0. The molecule has 0 bridgehead atoms. The Balaban J connectivity index is 1.85. The summed E-state index contributed by atoms with van der Waals surface area (Å²) in [5.74, 6) is -3.55. The Bertz CT molecular complexity index is 988. The van der Waals surface area contributed by atoms with Crippen LogP contribution >= 0.6 is 0 Å².